The molecule has 1 aromatic carbocycles. The van der Waals surface area contributed by atoms with Crippen LogP contribution in [0.15, 0.2) is 36.5 Å². The summed E-state index contributed by atoms with van der Waals surface area (Å²) < 4.78 is 5.51. The zero-order valence-electron chi connectivity index (χ0n) is 11.8. The van der Waals surface area contributed by atoms with Crippen LogP contribution in [0.25, 0.3) is 0 Å². The van der Waals surface area contributed by atoms with Crippen molar-refractivity contribution in [3.63, 3.8) is 0 Å². The molecule has 0 bridgehead atoms. The van der Waals surface area contributed by atoms with E-state index in [9.17, 15) is 15.2 Å². The SMILES string of the molecule is CC[C@@H](O)c1ccc(Oc2ccc(C)cc2[N+](=O)[O-])cn1. The van der Waals surface area contributed by atoms with Gasteiger partial charge in [-0.3, -0.25) is 15.1 Å². The molecule has 0 saturated carbocycles. The van der Waals surface area contributed by atoms with E-state index < -0.39 is 11.0 Å². The molecule has 0 spiro atoms. The molecule has 0 amide bonds. The van der Waals surface area contributed by atoms with Gasteiger partial charge in [-0.25, -0.2) is 0 Å². The number of benzene rings is 1. The van der Waals surface area contributed by atoms with Gasteiger partial charge in [-0.05, 0) is 37.1 Å². The molecule has 0 radical (unpaired) electrons. The lowest BCUT2D eigenvalue weighted by Crippen LogP contribution is -1.99. The van der Waals surface area contributed by atoms with Crippen LogP contribution in [-0.2, 0) is 0 Å². The topological polar surface area (TPSA) is 85.5 Å². The minimum atomic E-state index is -0.618. The van der Waals surface area contributed by atoms with Crippen LogP contribution in [0, 0.1) is 17.0 Å². The third-order valence-corrected chi connectivity index (χ3v) is 3.03. The molecule has 6 heteroatoms. The van der Waals surface area contributed by atoms with Gasteiger partial charge in [0.25, 0.3) is 0 Å². The molecule has 1 N–H and O–H groups in total. The fourth-order valence-corrected chi connectivity index (χ4v) is 1.84. The molecular weight excluding hydrogens is 272 g/mol. The van der Waals surface area contributed by atoms with Crippen molar-refractivity contribution in [2.24, 2.45) is 0 Å². The Kier molecular flexibility index (Phi) is 4.49. The third kappa shape index (κ3) is 3.55. The number of nitro groups is 1. The van der Waals surface area contributed by atoms with Gasteiger partial charge >= 0.3 is 5.69 Å². The van der Waals surface area contributed by atoms with Gasteiger partial charge in [0.15, 0.2) is 0 Å². The zero-order valence-corrected chi connectivity index (χ0v) is 11.8. The standard InChI is InChI=1S/C15H16N2O4/c1-3-14(18)12-6-5-11(9-16-12)21-15-7-4-10(2)8-13(15)17(19)20/h4-9,14,18H,3H2,1-2H3/t14-/m1/s1. The summed E-state index contributed by atoms with van der Waals surface area (Å²) in [5, 5.41) is 20.7. The van der Waals surface area contributed by atoms with Crippen LogP contribution in [0.5, 0.6) is 11.5 Å². The predicted octanol–water partition coefficient (Wildman–Crippen LogP) is 3.53. The van der Waals surface area contributed by atoms with E-state index in [1.54, 1.807) is 31.2 Å². The molecule has 2 aromatic rings. The van der Waals surface area contributed by atoms with E-state index in [1.165, 1.54) is 12.3 Å². The van der Waals surface area contributed by atoms with Gasteiger partial charge in [-0.1, -0.05) is 13.0 Å². The highest BCUT2D eigenvalue weighted by Crippen LogP contribution is 2.32. The Labute approximate surface area is 122 Å². The lowest BCUT2D eigenvalue weighted by atomic mass is 10.2. The fourth-order valence-electron chi connectivity index (χ4n) is 1.84. The molecule has 0 unspecified atom stereocenters. The largest absolute Gasteiger partial charge is 0.449 e. The summed E-state index contributed by atoms with van der Waals surface area (Å²) in [7, 11) is 0. The number of hydrogen-bond acceptors (Lipinski definition) is 5. The van der Waals surface area contributed by atoms with Gasteiger partial charge in [0.05, 0.1) is 22.9 Å². The van der Waals surface area contributed by atoms with Crippen LogP contribution >= 0.6 is 0 Å². The Hall–Kier alpha value is -2.47. The summed E-state index contributed by atoms with van der Waals surface area (Å²) >= 11 is 0. The van der Waals surface area contributed by atoms with Crippen LogP contribution in [0.2, 0.25) is 0 Å². The molecule has 1 heterocycles. The van der Waals surface area contributed by atoms with Crippen LogP contribution in [0.1, 0.15) is 30.7 Å². The number of rotatable bonds is 5. The van der Waals surface area contributed by atoms with Crippen LogP contribution < -0.4 is 4.74 Å². The molecule has 0 aliphatic rings. The maximum absolute atomic E-state index is 11.0. The van der Waals surface area contributed by atoms with Gasteiger partial charge in [-0.15, -0.1) is 0 Å². The van der Waals surface area contributed by atoms with Crippen molar-refractivity contribution in [3.8, 4) is 11.5 Å². The zero-order chi connectivity index (χ0) is 15.4. The van der Waals surface area contributed by atoms with Crippen molar-refractivity contribution < 1.29 is 14.8 Å². The van der Waals surface area contributed by atoms with E-state index in [4.69, 9.17) is 4.74 Å². The van der Waals surface area contributed by atoms with Crippen molar-refractivity contribution in [2.75, 3.05) is 0 Å². The van der Waals surface area contributed by atoms with Gasteiger partial charge in [-0.2, -0.15) is 0 Å². The summed E-state index contributed by atoms with van der Waals surface area (Å²) in [5.41, 5.74) is 1.24. The van der Waals surface area contributed by atoms with Crippen LogP contribution in [0.4, 0.5) is 5.69 Å². The number of aliphatic hydroxyl groups is 1. The minimum absolute atomic E-state index is 0.0901. The highest BCUT2D eigenvalue weighted by molar-refractivity contribution is 5.50. The molecule has 1 atom stereocenters. The number of aryl methyl sites for hydroxylation is 1. The van der Waals surface area contributed by atoms with E-state index in [-0.39, 0.29) is 11.4 Å². The minimum Gasteiger partial charge on any atom is -0.449 e. The predicted molar refractivity (Wildman–Crippen MR) is 77.4 cm³/mol. The molecule has 0 aliphatic heterocycles. The van der Waals surface area contributed by atoms with Gasteiger partial charge in [0.2, 0.25) is 5.75 Å². The number of nitro benzene ring substituents is 1. The maximum Gasteiger partial charge on any atom is 0.311 e. The van der Waals surface area contributed by atoms with Crippen molar-refractivity contribution in [3.05, 3.63) is 57.9 Å². The molecule has 6 nitrogen and oxygen atoms in total. The molecule has 0 fully saturated rings. The monoisotopic (exact) mass is 288 g/mol. The first-order valence-electron chi connectivity index (χ1n) is 6.58. The Morgan fingerprint density at radius 1 is 1.38 bits per heavy atom. The summed E-state index contributed by atoms with van der Waals surface area (Å²) in [4.78, 5) is 14.6. The third-order valence-electron chi connectivity index (χ3n) is 3.03. The van der Waals surface area contributed by atoms with Crippen LogP contribution in [-0.4, -0.2) is 15.0 Å². The Morgan fingerprint density at radius 2 is 2.14 bits per heavy atom. The van der Waals surface area contributed by atoms with Gasteiger partial charge < -0.3 is 9.84 Å². The molecule has 1 aromatic heterocycles. The second-order valence-electron chi connectivity index (χ2n) is 4.67. The molecule has 110 valence electrons. The quantitative estimate of drug-likeness (QED) is 0.672. The lowest BCUT2D eigenvalue weighted by molar-refractivity contribution is -0.385. The first-order chi connectivity index (χ1) is 10.0. The highest BCUT2D eigenvalue weighted by Gasteiger charge is 2.16. The smallest absolute Gasteiger partial charge is 0.311 e. The maximum atomic E-state index is 11.0. The van der Waals surface area contributed by atoms with Crippen LogP contribution in [0.3, 0.4) is 0 Å². The molecule has 2 rings (SSSR count). The Morgan fingerprint density at radius 3 is 2.71 bits per heavy atom. The second-order valence-corrected chi connectivity index (χ2v) is 4.67. The van der Waals surface area contributed by atoms with Crippen molar-refractivity contribution in [1.29, 1.82) is 0 Å². The van der Waals surface area contributed by atoms with Gasteiger partial charge in [0, 0.05) is 6.07 Å². The normalized spacial score (nSPS) is 12.0. The van der Waals surface area contributed by atoms with E-state index in [0.717, 1.165) is 5.56 Å². The van der Waals surface area contributed by atoms with Crippen molar-refractivity contribution >= 4 is 5.69 Å². The van der Waals surface area contributed by atoms with Crippen molar-refractivity contribution in [2.45, 2.75) is 26.4 Å². The highest BCUT2D eigenvalue weighted by atomic mass is 16.6. The summed E-state index contributed by atoms with van der Waals surface area (Å²) in [6.45, 7) is 3.63. The average molecular weight is 288 g/mol. The molecule has 21 heavy (non-hydrogen) atoms. The number of nitrogens with zero attached hydrogens (tertiary/aromatic N) is 2. The molecule has 0 aliphatic carbocycles. The summed E-state index contributed by atoms with van der Waals surface area (Å²) in [6, 6.07) is 8.03. The lowest BCUT2D eigenvalue weighted by Gasteiger charge is -2.09. The molecule has 0 saturated heterocycles. The van der Waals surface area contributed by atoms with E-state index in [0.29, 0.717) is 17.9 Å². The Bertz CT molecular complexity index is 641. The average Bonchev–Trinajstić information content (AvgIpc) is 2.49. The summed E-state index contributed by atoms with van der Waals surface area (Å²) in [6.07, 6.45) is 1.39. The number of pyridine rings is 1. The number of aromatic nitrogens is 1. The van der Waals surface area contributed by atoms with E-state index in [2.05, 4.69) is 4.98 Å². The first kappa shape index (κ1) is 14.9. The molecular formula is C15H16N2O4. The number of aliphatic hydroxyl groups excluding tert-OH is 1. The number of hydrogen-bond donors (Lipinski definition) is 1. The van der Waals surface area contributed by atoms with E-state index >= 15 is 0 Å². The Balaban J connectivity index is 2.24. The van der Waals surface area contributed by atoms with E-state index in [1.807, 2.05) is 6.92 Å². The second kappa shape index (κ2) is 6.32. The van der Waals surface area contributed by atoms with Gasteiger partial charge in [0.1, 0.15) is 5.75 Å². The number of ether oxygens (including phenoxy) is 1. The summed E-state index contributed by atoms with van der Waals surface area (Å²) in [5.74, 6) is 0.546. The fraction of sp³-hybridized carbons (Fsp3) is 0.267. The van der Waals surface area contributed by atoms with Crippen molar-refractivity contribution in [1.82, 2.24) is 4.98 Å². The first-order valence-corrected chi connectivity index (χ1v) is 6.58.